The summed E-state index contributed by atoms with van der Waals surface area (Å²) in [4.78, 5) is 22.6. The van der Waals surface area contributed by atoms with Crippen molar-refractivity contribution in [1.82, 2.24) is 0 Å². The molecule has 0 saturated heterocycles. The first-order valence-corrected chi connectivity index (χ1v) is 25.9. The van der Waals surface area contributed by atoms with Crippen LogP contribution in [0.4, 0.5) is 0 Å². The fraction of sp³-hybridized carbons (Fsp3) is 0.745. The van der Waals surface area contributed by atoms with Gasteiger partial charge in [-0.15, -0.1) is 0 Å². The standard InChI is InChI=1S/C51H92NO7P/c1-3-5-7-9-11-13-15-17-19-21-23-24-25-27-29-31-33-35-37-39-41-43-46-56-48-50(49-58-60(54,55)57-47-45-52)59-51(53)44-42-40-38-36-34-32-30-28-26-22-20-18-16-14-12-10-8-6-4-2/h5,7,11,13,17,19,23-24,27,29,33,35,50H,3-4,6,8-10,12,14-16,18,20-22,25-26,28,30-32,34,36-49,52H2,1-2H3,(H,54,55)/b7-5-,13-11-,19-17-,24-23-,29-27-,35-33-. The maximum Gasteiger partial charge on any atom is 0.472 e. The maximum absolute atomic E-state index is 12.6. The van der Waals surface area contributed by atoms with Crippen LogP contribution in [0.15, 0.2) is 72.9 Å². The van der Waals surface area contributed by atoms with Gasteiger partial charge in [0.15, 0.2) is 0 Å². The van der Waals surface area contributed by atoms with Gasteiger partial charge in [-0.1, -0.05) is 209 Å². The molecule has 3 N–H and O–H groups in total. The van der Waals surface area contributed by atoms with Gasteiger partial charge in [0.2, 0.25) is 0 Å². The molecule has 0 heterocycles. The number of hydrogen-bond acceptors (Lipinski definition) is 7. The second kappa shape index (κ2) is 48.0. The van der Waals surface area contributed by atoms with Gasteiger partial charge in [0.05, 0.1) is 19.8 Å². The van der Waals surface area contributed by atoms with Crippen LogP contribution in [-0.4, -0.2) is 49.9 Å². The third-order valence-electron chi connectivity index (χ3n) is 10.1. The van der Waals surface area contributed by atoms with Gasteiger partial charge in [0, 0.05) is 19.6 Å². The van der Waals surface area contributed by atoms with Gasteiger partial charge in [-0.2, -0.15) is 0 Å². The molecule has 2 unspecified atom stereocenters. The molecule has 0 aromatic rings. The predicted molar refractivity (Wildman–Crippen MR) is 256 cm³/mol. The number of phosphoric ester groups is 1. The number of allylic oxidation sites excluding steroid dienone is 12. The van der Waals surface area contributed by atoms with E-state index in [4.69, 9.17) is 24.3 Å². The van der Waals surface area contributed by atoms with Crippen molar-refractivity contribution in [3.05, 3.63) is 72.9 Å². The highest BCUT2D eigenvalue weighted by Crippen LogP contribution is 2.43. The van der Waals surface area contributed by atoms with E-state index in [1.54, 1.807) is 0 Å². The van der Waals surface area contributed by atoms with Gasteiger partial charge in [-0.25, -0.2) is 4.57 Å². The Labute approximate surface area is 369 Å². The van der Waals surface area contributed by atoms with E-state index in [2.05, 4.69) is 86.8 Å². The molecule has 0 saturated carbocycles. The number of nitrogens with two attached hydrogens (primary N) is 1. The first-order valence-electron chi connectivity index (χ1n) is 24.4. The zero-order valence-corrected chi connectivity index (χ0v) is 39.6. The van der Waals surface area contributed by atoms with Gasteiger partial charge < -0.3 is 20.1 Å². The van der Waals surface area contributed by atoms with Crippen LogP contribution >= 0.6 is 7.82 Å². The molecule has 0 aliphatic heterocycles. The quantitative estimate of drug-likeness (QED) is 0.0269. The second-order valence-electron chi connectivity index (χ2n) is 16.0. The van der Waals surface area contributed by atoms with E-state index in [1.807, 2.05) is 0 Å². The van der Waals surface area contributed by atoms with Gasteiger partial charge in [0.1, 0.15) is 6.10 Å². The third kappa shape index (κ3) is 47.0. The van der Waals surface area contributed by atoms with Crippen molar-refractivity contribution in [3.8, 4) is 0 Å². The minimum atomic E-state index is -4.29. The Balaban J connectivity index is 4.05. The molecule has 9 heteroatoms. The molecule has 348 valence electrons. The summed E-state index contributed by atoms with van der Waals surface area (Å²) < 4.78 is 33.5. The van der Waals surface area contributed by atoms with Crippen LogP contribution in [0, 0.1) is 0 Å². The summed E-state index contributed by atoms with van der Waals surface area (Å²) in [6.45, 7) is 4.74. The van der Waals surface area contributed by atoms with Gasteiger partial charge in [-0.05, 0) is 64.2 Å². The number of carbonyl (C=O) groups excluding carboxylic acids is 1. The van der Waals surface area contributed by atoms with Crippen LogP contribution < -0.4 is 5.73 Å². The van der Waals surface area contributed by atoms with E-state index in [0.717, 1.165) is 83.5 Å². The van der Waals surface area contributed by atoms with Crippen LogP contribution in [-0.2, 0) is 27.9 Å². The molecule has 0 aliphatic rings. The average molecular weight is 862 g/mol. The minimum Gasteiger partial charge on any atom is -0.457 e. The van der Waals surface area contributed by atoms with Crippen LogP contribution in [0.25, 0.3) is 0 Å². The Hall–Kier alpha value is -2.06. The monoisotopic (exact) mass is 862 g/mol. The molecule has 0 amide bonds. The fourth-order valence-electron chi connectivity index (χ4n) is 6.59. The van der Waals surface area contributed by atoms with Crippen molar-refractivity contribution in [1.29, 1.82) is 0 Å². The summed E-state index contributed by atoms with van der Waals surface area (Å²) in [5.41, 5.74) is 5.38. The molecule has 0 fully saturated rings. The smallest absolute Gasteiger partial charge is 0.457 e. The molecular weight excluding hydrogens is 770 g/mol. The molecule has 60 heavy (non-hydrogen) atoms. The lowest BCUT2D eigenvalue weighted by Gasteiger charge is -2.20. The molecule has 2 atom stereocenters. The molecule has 0 aromatic carbocycles. The summed E-state index contributed by atoms with van der Waals surface area (Å²) in [6, 6.07) is 0. The fourth-order valence-corrected chi connectivity index (χ4v) is 7.35. The van der Waals surface area contributed by atoms with Crippen molar-refractivity contribution in [2.24, 2.45) is 5.73 Å². The summed E-state index contributed by atoms with van der Waals surface area (Å²) in [6.07, 6.45) is 60.8. The lowest BCUT2D eigenvalue weighted by Crippen LogP contribution is -2.28. The Bertz CT molecular complexity index is 1150. The van der Waals surface area contributed by atoms with Crippen molar-refractivity contribution in [3.63, 3.8) is 0 Å². The molecular formula is C51H92NO7P. The molecule has 8 nitrogen and oxygen atoms in total. The molecule has 0 bridgehead atoms. The van der Waals surface area contributed by atoms with Crippen LogP contribution in [0.2, 0.25) is 0 Å². The normalized spacial score (nSPS) is 14.0. The van der Waals surface area contributed by atoms with E-state index in [9.17, 15) is 14.3 Å². The third-order valence-corrected chi connectivity index (χ3v) is 11.1. The highest BCUT2D eigenvalue weighted by atomic mass is 31.2. The maximum atomic E-state index is 12.6. The second-order valence-corrected chi connectivity index (χ2v) is 17.4. The van der Waals surface area contributed by atoms with E-state index in [1.165, 1.54) is 103 Å². The zero-order chi connectivity index (χ0) is 43.7. The number of rotatable bonds is 46. The first-order chi connectivity index (χ1) is 29.4. The van der Waals surface area contributed by atoms with Crippen molar-refractivity contribution >= 4 is 13.8 Å². The van der Waals surface area contributed by atoms with E-state index >= 15 is 0 Å². The summed E-state index contributed by atoms with van der Waals surface area (Å²) in [7, 11) is -4.29. The van der Waals surface area contributed by atoms with Gasteiger partial charge >= 0.3 is 13.8 Å². The lowest BCUT2D eigenvalue weighted by atomic mass is 10.0. The van der Waals surface area contributed by atoms with Crippen LogP contribution in [0.1, 0.15) is 206 Å². The van der Waals surface area contributed by atoms with E-state index < -0.39 is 13.9 Å². The molecule has 0 rings (SSSR count). The highest BCUT2D eigenvalue weighted by Gasteiger charge is 2.25. The van der Waals surface area contributed by atoms with E-state index in [0.29, 0.717) is 13.0 Å². The van der Waals surface area contributed by atoms with Crippen molar-refractivity contribution in [2.75, 3.05) is 33.0 Å². The number of unbranched alkanes of at least 4 members (excludes halogenated alkanes) is 21. The van der Waals surface area contributed by atoms with Crippen LogP contribution in [0.5, 0.6) is 0 Å². The number of esters is 1. The number of ether oxygens (including phenoxy) is 2. The zero-order valence-electron chi connectivity index (χ0n) is 38.7. The molecule has 0 aromatic heterocycles. The summed E-state index contributed by atoms with van der Waals surface area (Å²) in [5, 5.41) is 0. The number of carbonyl (C=O) groups is 1. The predicted octanol–water partition coefficient (Wildman–Crippen LogP) is 15.1. The first kappa shape index (κ1) is 57.9. The summed E-state index contributed by atoms with van der Waals surface area (Å²) in [5.74, 6) is -0.341. The van der Waals surface area contributed by atoms with Gasteiger partial charge in [0.25, 0.3) is 0 Å². The molecule has 0 spiro atoms. The topological polar surface area (TPSA) is 117 Å². The van der Waals surface area contributed by atoms with Crippen molar-refractivity contribution in [2.45, 2.75) is 213 Å². The molecule has 0 radical (unpaired) electrons. The summed E-state index contributed by atoms with van der Waals surface area (Å²) >= 11 is 0. The Morgan fingerprint density at radius 1 is 0.517 bits per heavy atom. The molecule has 0 aliphatic carbocycles. The Morgan fingerprint density at radius 3 is 1.38 bits per heavy atom. The van der Waals surface area contributed by atoms with Crippen LogP contribution in [0.3, 0.4) is 0 Å². The lowest BCUT2D eigenvalue weighted by molar-refractivity contribution is -0.154. The number of hydrogen-bond donors (Lipinski definition) is 2. The van der Waals surface area contributed by atoms with Crippen molar-refractivity contribution < 1.29 is 32.8 Å². The highest BCUT2D eigenvalue weighted by molar-refractivity contribution is 7.47. The average Bonchev–Trinajstić information content (AvgIpc) is 3.24. The minimum absolute atomic E-state index is 0.0922. The Kier molecular flexibility index (Phi) is 46.3. The van der Waals surface area contributed by atoms with E-state index in [-0.39, 0.29) is 32.3 Å². The SMILES string of the molecule is CC/C=C\C/C=C\C/C=C\C/C=C\C/C=C\C/C=C\CCCCCOCC(COP(=O)(O)OCCN)OC(=O)CCCCCCCCCCCCCCCCCCCCC. The largest absolute Gasteiger partial charge is 0.472 e. The Morgan fingerprint density at radius 2 is 0.933 bits per heavy atom. The number of phosphoric acid groups is 1. The van der Waals surface area contributed by atoms with Gasteiger partial charge in [-0.3, -0.25) is 13.8 Å².